The minimum absolute atomic E-state index is 0.0102. The predicted octanol–water partition coefficient (Wildman–Crippen LogP) is 3.61. The topological polar surface area (TPSA) is 92.7 Å². The van der Waals surface area contributed by atoms with E-state index in [1.807, 2.05) is 0 Å². The van der Waals surface area contributed by atoms with Gasteiger partial charge >= 0.3 is 12.0 Å². The summed E-state index contributed by atoms with van der Waals surface area (Å²) in [6.45, 7) is -0.273. The van der Waals surface area contributed by atoms with Gasteiger partial charge < -0.3 is 4.74 Å². The summed E-state index contributed by atoms with van der Waals surface area (Å²) in [4.78, 5) is 22.1. The highest BCUT2D eigenvalue weighted by Gasteiger charge is 2.43. The molecule has 8 nitrogen and oxygen atoms in total. The van der Waals surface area contributed by atoms with Crippen LogP contribution < -0.4 is 13.9 Å². The van der Waals surface area contributed by atoms with E-state index in [1.165, 1.54) is 43.5 Å². The van der Waals surface area contributed by atoms with Crippen molar-refractivity contribution in [2.24, 2.45) is 0 Å². The molecular weight excluding hydrogens is 435 g/mol. The standard InChI is InChI=1S/C19H14ClFN4O4S/c1-29-18-22-9-12(10-23-18)25-19(26)24(11-13-14(20)5-4-6-15(13)21)16-7-2-3-8-17(16)30(25,27)28/h2-10H,11H2,1H3. The van der Waals surface area contributed by atoms with E-state index in [2.05, 4.69) is 9.97 Å². The van der Waals surface area contributed by atoms with Crippen LogP contribution in [-0.2, 0) is 16.6 Å². The average molecular weight is 449 g/mol. The number of methoxy groups -OCH3 is 1. The van der Waals surface area contributed by atoms with Crippen molar-refractivity contribution >= 4 is 39.0 Å². The van der Waals surface area contributed by atoms with E-state index in [9.17, 15) is 17.6 Å². The first-order chi connectivity index (χ1) is 14.3. The number of urea groups is 1. The summed E-state index contributed by atoms with van der Waals surface area (Å²) in [6.07, 6.45) is 2.31. The van der Waals surface area contributed by atoms with E-state index in [1.54, 1.807) is 6.07 Å². The molecule has 30 heavy (non-hydrogen) atoms. The molecule has 154 valence electrons. The monoisotopic (exact) mass is 448 g/mol. The molecule has 0 fully saturated rings. The van der Waals surface area contributed by atoms with Crippen LogP contribution in [0.2, 0.25) is 5.02 Å². The number of anilines is 2. The van der Waals surface area contributed by atoms with E-state index in [4.69, 9.17) is 16.3 Å². The van der Waals surface area contributed by atoms with Crippen molar-refractivity contribution in [2.45, 2.75) is 11.4 Å². The third-order valence-corrected chi connectivity index (χ3v) is 6.59. The molecule has 2 amide bonds. The Morgan fingerprint density at radius 2 is 1.80 bits per heavy atom. The number of nitrogens with zero attached hydrogens (tertiary/aromatic N) is 4. The number of carbonyl (C=O) groups excluding carboxylic acids is 1. The minimum atomic E-state index is -4.26. The van der Waals surface area contributed by atoms with Crippen LogP contribution in [0.15, 0.2) is 59.8 Å². The highest BCUT2D eigenvalue weighted by molar-refractivity contribution is 7.94. The molecule has 0 unspecified atom stereocenters. The molecule has 0 bridgehead atoms. The van der Waals surface area contributed by atoms with Crippen LogP contribution in [0.1, 0.15) is 5.56 Å². The number of aromatic nitrogens is 2. The zero-order valence-corrected chi connectivity index (χ0v) is 17.1. The fraction of sp³-hybridized carbons (Fsp3) is 0.105. The minimum Gasteiger partial charge on any atom is -0.467 e. The molecule has 4 rings (SSSR count). The molecule has 0 saturated heterocycles. The average Bonchev–Trinajstić information content (AvgIpc) is 2.73. The molecule has 1 aromatic heterocycles. The van der Waals surface area contributed by atoms with Gasteiger partial charge in [-0.05, 0) is 24.3 Å². The number of hydrogen-bond donors (Lipinski definition) is 0. The van der Waals surface area contributed by atoms with Crippen LogP contribution in [0.5, 0.6) is 6.01 Å². The Morgan fingerprint density at radius 3 is 2.47 bits per heavy atom. The Kier molecular flexibility index (Phi) is 5.04. The van der Waals surface area contributed by atoms with Gasteiger partial charge in [0.15, 0.2) is 0 Å². The molecule has 1 aliphatic heterocycles. The fourth-order valence-electron chi connectivity index (χ4n) is 3.08. The Balaban J connectivity index is 1.87. The SMILES string of the molecule is COc1ncc(N2C(=O)N(Cc3c(F)cccc3Cl)c3ccccc3S2(=O)=O)cn1. The molecule has 2 aromatic carbocycles. The number of hydrogen-bond acceptors (Lipinski definition) is 6. The summed E-state index contributed by atoms with van der Waals surface area (Å²) in [7, 11) is -2.90. The van der Waals surface area contributed by atoms with Crippen molar-refractivity contribution in [3.8, 4) is 6.01 Å². The second-order valence-corrected chi connectivity index (χ2v) is 8.40. The number of halogens is 2. The summed E-state index contributed by atoms with van der Waals surface area (Å²) in [6, 6.07) is 9.20. The van der Waals surface area contributed by atoms with Gasteiger partial charge in [-0.15, -0.1) is 0 Å². The van der Waals surface area contributed by atoms with Crippen molar-refractivity contribution in [1.82, 2.24) is 9.97 Å². The Hall–Kier alpha value is -3.24. The number of para-hydroxylation sites is 1. The van der Waals surface area contributed by atoms with Crippen LogP contribution in [0.3, 0.4) is 0 Å². The third kappa shape index (κ3) is 3.23. The van der Waals surface area contributed by atoms with Crippen LogP contribution in [-0.4, -0.2) is 31.5 Å². The first-order valence-electron chi connectivity index (χ1n) is 8.59. The lowest BCUT2D eigenvalue weighted by Gasteiger charge is -2.36. The molecule has 3 aromatic rings. The van der Waals surface area contributed by atoms with Crippen LogP contribution in [0.4, 0.5) is 20.6 Å². The Bertz CT molecular complexity index is 1220. The van der Waals surface area contributed by atoms with E-state index in [-0.39, 0.29) is 39.4 Å². The largest absolute Gasteiger partial charge is 0.467 e. The summed E-state index contributed by atoms with van der Waals surface area (Å²) in [5.41, 5.74) is 0.0972. The number of fused-ring (bicyclic) bond motifs is 1. The van der Waals surface area contributed by atoms with Crippen LogP contribution in [0, 0.1) is 5.82 Å². The molecule has 0 aliphatic carbocycles. The summed E-state index contributed by atoms with van der Waals surface area (Å²) in [5, 5.41) is 0.119. The van der Waals surface area contributed by atoms with Crippen molar-refractivity contribution < 1.29 is 22.3 Å². The van der Waals surface area contributed by atoms with Gasteiger partial charge in [0, 0.05) is 10.6 Å². The molecule has 2 heterocycles. The molecule has 1 aliphatic rings. The summed E-state index contributed by atoms with van der Waals surface area (Å²) in [5.74, 6) is -0.611. The van der Waals surface area contributed by atoms with E-state index in [0.717, 1.165) is 17.3 Å². The second-order valence-electron chi connectivity index (χ2n) is 6.23. The molecule has 0 spiro atoms. The molecule has 0 atom stereocenters. The maximum Gasteiger partial charge on any atom is 0.343 e. The second kappa shape index (κ2) is 7.54. The highest BCUT2D eigenvalue weighted by atomic mass is 35.5. The summed E-state index contributed by atoms with van der Waals surface area (Å²) >= 11 is 6.12. The zero-order valence-electron chi connectivity index (χ0n) is 15.5. The number of amides is 2. The van der Waals surface area contributed by atoms with E-state index >= 15 is 0 Å². The first-order valence-corrected chi connectivity index (χ1v) is 10.4. The maximum absolute atomic E-state index is 14.4. The van der Waals surface area contributed by atoms with Gasteiger partial charge in [0.25, 0.3) is 10.0 Å². The summed E-state index contributed by atoms with van der Waals surface area (Å²) < 4.78 is 46.2. The number of ether oxygens (including phenoxy) is 1. The third-order valence-electron chi connectivity index (χ3n) is 4.49. The quantitative estimate of drug-likeness (QED) is 0.605. The normalized spacial score (nSPS) is 15.1. The number of benzene rings is 2. The number of sulfonamides is 1. The van der Waals surface area contributed by atoms with Gasteiger partial charge in [-0.1, -0.05) is 29.8 Å². The van der Waals surface area contributed by atoms with Crippen molar-refractivity contribution in [3.63, 3.8) is 0 Å². The van der Waals surface area contributed by atoms with Gasteiger partial charge in [0.1, 0.15) is 10.7 Å². The highest BCUT2D eigenvalue weighted by Crippen LogP contribution is 2.38. The molecule has 0 radical (unpaired) electrons. The molecule has 0 N–H and O–H groups in total. The van der Waals surface area contributed by atoms with E-state index < -0.39 is 21.9 Å². The predicted molar refractivity (Wildman–Crippen MR) is 108 cm³/mol. The lowest BCUT2D eigenvalue weighted by molar-refractivity contribution is 0.253. The van der Waals surface area contributed by atoms with Gasteiger partial charge in [-0.25, -0.2) is 27.6 Å². The fourth-order valence-corrected chi connectivity index (χ4v) is 4.86. The van der Waals surface area contributed by atoms with Crippen LogP contribution in [0.25, 0.3) is 0 Å². The molecule has 11 heteroatoms. The number of rotatable bonds is 4. The Morgan fingerprint density at radius 1 is 1.10 bits per heavy atom. The van der Waals surface area contributed by atoms with Crippen LogP contribution >= 0.6 is 11.6 Å². The van der Waals surface area contributed by atoms with Crippen molar-refractivity contribution in [1.29, 1.82) is 0 Å². The zero-order chi connectivity index (χ0) is 21.5. The molecule has 0 saturated carbocycles. The van der Waals surface area contributed by atoms with Gasteiger partial charge in [0.2, 0.25) is 0 Å². The van der Waals surface area contributed by atoms with Crippen molar-refractivity contribution in [3.05, 3.63) is 71.3 Å². The van der Waals surface area contributed by atoms with Gasteiger partial charge in [-0.3, -0.25) is 4.90 Å². The first kappa shape index (κ1) is 20.0. The van der Waals surface area contributed by atoms with Gasteiger partial charge in [-0.2, -0.15) is 4.31 Å². The lowest BCUT2D eigenvalue weighted by atomic mass is 10.2. The lowest BCUT2D eigenvalue weighted by Crippen LogP contribution is -2.50. The smallest absolute Gasteiger partial charge is 0.343 e. The Labute approximate surface area is 176 Å². The molecular formula is C19H14ClFN4O4S. The van der Waals surface area contributed by atoms with E-state index in [0.29, 0.717) is 4.31 Å². The van der Waals surface area contributed by atoms with Gasteiger partial charge in [0.05, 0.1) is 37.4 Å². The number of carbonyl (C=O) groups is 1. The maximum atomic E-state index is 14.4. The van der Waals surface area contributed by atoms with Crippen molar-refractivity contribution in [2.75, 3.05) is 16.3 Å².